The maximum Gasteiger partial charge on any atom is 0.323 e. The van der Waals surface area contributed by atoms with Gasteiger partial charge in [-0.25, -0.2) is 14.2 Å². The summed E-state index contributed by atoms with van der Waals surface area (Å²) < 4.78 is 24.7. The number of nitrogens with zero attached hydrogens (tertiary/aromatic N) is 3. The monoisotopic (exact) mass is 385 g/mol. The Kier molecular flexibility index (Phi) is 4.82. The predicted molar refractivity (Wildman–Crippen MR) is 102 cm³/mol. The van der Waals surface area contributed by atoms with E-state index in [1.807, 2.05) is 6.07 Å². The van der Waals surface area contributed by atoms with Crippen molar-refractivity contribution in [2.45, 2.75) is 6.92 Å². The number of benzene rings is 1. The Morgan fingerprint density at radius 1 is 1.25 bits per heavy atom. The number of hydrogen-bond donors (Lipinski definition) is 2. The van der Waals surface area contributed by atoms with Crippen LogP contribution >= 0.6 is 0 Å². The molecule has 4 rings (SSSR count). The quantitative estimate of drug-likeness (QED) is 0.720. The van der Waals surface area contributed by atoms with Gasteiger partial charge in [0.1, 0.15) is 17.1 Å². The number of nitrogens with one attached hydrogen (secondary N) is 2. The molecule has 1 aliphatic heterocycles. The van der Waals surface area contributed by atoms with Crippen molar-refractivity contribution < 1.29 is 18.3 Å². The Labute approximate surface area is 160 Å². The number of halogens is 1. The van der Waals surface area contributed by atoms with Crippen LogP contribution in [0.2, 0.25) is 0 Å². The lowest BCUT2D eigenvalue weighted by Crippen LogP contribution is -2.48. The van der Waals surface area contributed by atoms with Crippen LogP contribution in [0.3, 0.4) is 0 Å². The maximum absolute atomic E-state index is 13.7. The molecule has 1 fully saturated rings. The Hall–Kier alpha value is -3.20. The standard InChI is InChI=1S/C19H20FN5O3/c1-11-7-12(9-13(20)8-11)15-10-14-17(28-15)24-18(27-2)16(22-14)23-19(26)25-5-3-21-4-6-25/h7-10,21H,3-6H2,1-2H3,(H,22,23,26). The minimum Gasteiger partial charge on any atom is -0.478 e. The molecule has 2 amide bonds. The molecule has 3 aromatic rings. The molecule has 0 unspecified atom stereocenters. The van der Waals surface area contributed by atoms with Gasteiger partial charge >= 0.3 is 6.03 Å². The lowest BCUT2D eigenvalue weighted by Gasteiger charge is -2.27. The van der Waals surface area contributed by atoms with Crippen molar-refractivity contribution in [3.05, 3.63) is 35.6 Å². The number of methoxy groups -OCH3 is 1. The summed E-state index contributed by atoms with van der Waals surface area (Å²) in [6.45, 7) is 4.51. The van der Waals surface area contributed by atoms with E-state index in [0.717, 1.165) is 18.7 Å². The van der Waals surface area contributed by atoms with Gasteiger partial charge in [0.2, 0.25) is 5.71 Å². The molecule has 8 nitrogen and oxygen atoms in total. The van der Waals surface area contributed by atoms with Crippen LogP contribution in [0.4, 0.5) is 15.0 Å². The molecule has 0 saturated carbocycles. The molecular formula is C19H20FN5O3. The number of rotatable bonds is 3. The number of ether oxygens (including phenoxy) is 1. The number of amides is 2. The van der Waals surface area contributed by atoms with E-state index < -0.39 is 0 Å². The molecule has 0 bridgehead atoms. The Morgan fingerprint density at radius 3 is 2.75 bits per heavy atom. The summed E-state index contributed by atoms with van der Waals surface area (Å²) in [7, 11) is 1.44. The second kappa shape index (κ2) is 7.43. The van der Waals surface area contributed by atoms with Crippen molar-refractivity contribution in [3.63, 3.8) is 0 Å². The van der Waals surface area contributed by atoms with E-state index in [0.29, 0.717) is 29.9 Å². The first-order valence-electron chi connectivity index (χ1n) is 8.93. The number of fused-ring (bicyclic) bond motifs is 1. The smallest absolute Gasteiger partial charge is 0.323 e. The minimum absolute atomic E-state index is 0.146. The summed E-state index contributed by atoms with van der Waals surface area (Å²) in [5.74, 6) is 0.441. The van der Waals surface area contributed by atoms with Gasteiger partial charge in [0.05, 0.1) is 7.11 Å². The number of piperazine rings is 1. The van der Waals surface area contributed by atoms with Crippen LogP contribution in [0.15, 0.2) is 28.7 Å². The van der Waals surface area contributed by atoms with Crippen molar-refractivity contribution in [2.75, 3.05) is 38.6 Å². The average Bonchev–Trinajstić information content (AvgIpc) is 3.10. The zero-order valence-corrected chi connectivity index (χ0v) is 15.6. The first kappa shape index (κ1) is 18.2. The number of urea groups is 1. The Bertz CT molecular complexity index is 1010. The number of carbonyl (C=O) groups is 1. The van der Waals surface area contributed by atoms with E-state index >= 15 is 0 Å². The summed E-state index contributed by atoms with van der Waals surface area (Å²) in [5.41, 5.74) is 2.04. The molecule has 0 atom stereocenters. The fourth-order valence-corrected chi connectivity index (χ4v) is 3.14. The van der Waals surface area contributed by atoms with E-state index in [-0.39, 0.29) is 29.3 Å². The number of anilines is 1. The van der Waals surface area contributed by atoms with Gasteiger partial charge in [0.25, 0.3) is 5.88 Å². The van der Waals surface area contributed by atoms with Gasteiger partial charge in [-0.05, 0) is 30.7 Å². The molecule has 1 saturated heterocycles. The summed E-state index contributed by atoms with van der Waals surface area (Å²) in [6.07, 6.45) is 0. The molecular weight excluding hydrogens is 365 g/mol. The van der Waals surface area contributed by atoms with Crippen molar-refractivity contribution >= 4 is 23.1 Å². The number of carbonyl (C=O) groups excluding carboxylic acids is 1. The highest BCUT2D eigenvalue weighted by atomic mass is 19.1. The highest BCUT2D eigenvalue weighted by Crippen LogP contribution is 2.31. The number of furan rings is 1. The predicted octanol–water partition coefficient (Wildman–Crippen LogP) is 2.78. The molecule has 0 spiro atoms. The van der Waals surface area contributed by atoms with E-state index in [1.165, 1.54) is 19.2 Å². The maximum atomic E-state index is 13.7. The molecule has 28 heavy (non-hydrogen) atoms. The molecule has 2 aromatic heterocycles. The van der Waals surface area contributed by atoms with Gasteiger partial charge in [-0.15, -0.1) is 0 Å². The van der Waals surface area contributed by atoms with Gasteiger partial charge in [-0.3, -0.25) is 5.32 Å². The highest BCUT2D eigenvalue weighted by molar-refractivity contribution is 5.91. The lowest BCUT2D eigenvalue weighted by atomic mass is 10.1. The molecule has 0 aliphatic carbocycles. The summed E-state index contributed by atoms with van der Waals surface area (Å²) >= 11 is 0. The normalized spacial score (nSPS) is 14.3. The molecule has 0 radical (unpaired) electrons. The third-order valence-electron chi connectivity index (χ3n) is 4.48. The van der Waals surface area contributed by atoms with Crippen LogP contribution in [0.25, 0.3) is 22.6 Å². The fourth-order valence-electron chi connectivity index (χ4n) is 3.14. The number of aryl methyl sites for hydroxylation is 1. The van der Waals surface area contributed by atoms with Gasteiger partial charge in [0.15, 0.2) is 5.82 Å². The van der Waals surface area contributed by atoms with E-state index in [9.17, 15) is 9.18 Å². The molecule has 1 aromatic carbocycles. The SMILES string of the molecule is COc1nc2oc(-c3cc(C)cc(F)c3)cc2nc1NC(=O)N1CCNCC1. The molecule has 146 valence electrons. The van der Waals surface area contributed by atoms with Crippen molar-refractivity contribution in [1.82, 2.24) is 20.2 Å². The van der Waals surface area contributed by atoms with E-state index in [2.05, 4.69) is 20.6 Å². The first-order valence-corrected chi connectivity index (χ1v) is 8.93. The molecule has 3 heterocycles. The van der Waals surface area contributed by atoms with Crippen molar-refractivity contribution in [1.29, 1.82) is 0 Å². The average molecular weight is 385 g/mol. The van der Waals surface area contributed by atoms with Gasteiger partial charge in [0, 0.05) is 37.8 Å². The largest absolute Gasteiger partial charge is 0.478 e. The topological polar surface area (TPSA) is 92.5 Å². The van der Waals surface area contributed by atoms with Gasteiger partial charge < -0.3 is 19.4 Å². The van der Waals surface area contributed by atoms with Crippen LogP contribution in [-0.4, -0.2) is 54.2 Å². The second-order valence-electron chi connectivity index (χ2n) is 6.57. The van der Waals surface area contributed by atoms with E-state index in [4.69, 9.17) is 9.15 Å². The third-order valence-corrected chi connectivity index (χ3v) is 4.48. The molecule has 1 aliphatic rings. The number of aromatic nitrogens is 2. The fraction of sp³-hybridized carbons (Fsp3) is 0.316. The minimum atomic E-state index is -0.349. The summed E-state index contributed by atoms with van der Waals surface area (Å²) in [5, 5.41) is 5.94. The van der Waals surface area contributed by atoms with Crippen LogP contribution in [0.1, 0.15) is 5.56 Å². The van der Waals surface area contributed by atoms with Crippen LogP contribution in [-0.2, 0) is 0 Å². The zero-order valence-electron chi connectivity index (χ0n) is 15.6. The van der Waals surface area contributed by atoms with Crippen LogP contribution in [0, 0.1) is 12.7 Å². The van der Waals surface area contributed by atoms with Gasteiger partial charge in [-0.2, -0.15) is 4.98 Å². The molecule has 9 heteroatoms. The van der Waals surface area contributed by atoms with Crippen LogP contribution < -0.4 is 15.4 Å². The Balaban J connectivity index is 1.67. The van der Waals surface area contributed by atoms with Crippen molar-refractivity contribution in [2.24, 2.45) is 0 Å². The van der Waals surface area contributed by atoms with Crippen molar-refractivity contribution in [3.8, 4) is 17.2 Å². The second-order valence-corrected chi connectivity index (χ2v) is 6.57. The first-order chi connectivity index (χ1) is 13.5. The van der Waals surface area contributed by atoms with Gasteiger partial charge in [-0.1, -0.05) is 0 Å². The zero-order chi connectivity index (χ0) is 19.7. The molecule has 2 N–H and O–H groups in total. The van der Waals surface area contributed by atoms with E-state index in [1.54, 1.807) is 17.9 Å². The lowest BCUT2D eigenvalue weighted by molar-refractivity contribution is 0.203. The summed E-state index contributed by atoms with van der Waals surface area (Å²) in [4.78, 5) is 22.9. The highest BCUT2D eigenvalue weighted by Gasteiger charge is 2.21. The summed E-state index contributed by atoms with van der Waals surface area (Å²) in [6, 6.07) is 6.03. The van der Waals surface area contributed by atoms with Crippen LogP contribution in [0.5, 0.6) is 5.88 Å². The number of hydrogen-bond acceptors (Lipinski definition) is 6. The Morgan fingerprint density at radius 2 is 2.04 bits per heavy atom. The third kappa shape index (κ3) is 3.61.